The van der Waals surface area contributed by atoms with Gasteiger partial charge in [0.05, 0.1) is 19.3 Å². The van der Waals surface area contributed by atoms with Gasteiger partial charge in [0.2, 0.25) is 0 Å². The van der Waals surface area contributed by atoms with Crippen LogP contribution < -0.4 is 9.47 Å². The molecular formula is C16H22O3S. The summed E-state index contributed by atoms with van der Waals surface area (Å²) in [4.78, 5) is 1.17. The van der Waals surface area contributed by atoms with E-state index in [9.17, 15) is 5.11 Å². The summed E-state index contributed by atoms with van der Waals surface area (Å²) in [6, 6.07) is 6.13. The highest BCUT2D eigenvalue weighted by Gasteiger charge is 2.23. The Bertz CT molecular complexity index is 449. The molecule has 0 bridgehead atoms. The van der Waals surface area contributed by atoms with Crippen LogP contribution >= 0.6 is 11.8 Å². The zero-order valence-corrected chi connectivity index (χ0v) is 12.5. The zero-order valence-electron chi connectivity index (χ0n) is 11.7. The quantitative estimate of drug-likeness (QED) is 0.845. The van der Waals surface area contributed by atoms with Gasteiger partial charge in [-0.05, 0) is 31.0 Å². The molecule has 110 valence electrons. The lowest BCUT2D eigenvalue weighted by molar-refractivity contribution is 0.163. The second kappa shape index (κ2) is 6.72. The van der Waals surface area contributed by atoms with Gasteiger partial charge >= 0.3 is 0 Å². The number of hydrogen-bond acceptors (Lipinski definition) is 4. The Morgan fingerprint density at radius 2 is 1.75 bits per heavy atom. The summed E-state index contributed by atoms with van der Waals surface area (Å²) in [6.45, 7) is 1.44. The normalized spacial score (nSPS) is 26.6. The predicted molar refractivity (Wildman–Crippen MR) is 80.8 cm³/mol. The second-order valence-corrected chi connectivity index (χ2v) is 6.83. The molecule has 2 unspecified atom stereocenters. The van der Waals surface area contributed by atoms with Crippen molar-refractivity contribution in [3.63, 3.8) is 0 Å². The summed E-state index contributed by atoms with van der Waals surface area (Å²) in [5.74, 6) is 1.68. The van der Waals surface area contributed by atoms with Crippen molar-refractivity contribution in [3.05, 3.63) is 18.2 Å². The Balaban J connectivity index is 1.72. The van der Waals surface area contributed by atoms with Gasteiger partial charge in [0.25, 0.3) is 0 Å². The Morgan fingerprint density at radius 3 is 2.65 bits per heavy atom. The lowest BCUT2D eigenvalue weighted by Crippen LogP contribution is -2.21. The fourth-order valence-electron chi connectivity index (χ4n) is 2.78. The Morgan fingerprint density at radius 1 is 0.950 bits per heavy atom. The van der Waals surface area contributed by atoms with Gasteiger partial charge in [0.1, 0.15) is 0 Å². The first-order valence-electron chi connectivity index (χ1n) is 7.57. The molecule has 1 aromatic carbocycles. The van der Waals surface area contributed by atoms with Crippen LogP contribution in [0.2, 0.25) is 0 Å². The molecule has 1 aliphatic carbocycles. The molecule has 1 fully saturated rings. The summed E-state index contributed by atoms with van der Waals surface area (Å²) in [7, 11) is 0. The summed E-state index contributed by atoms with van der Waals surface area (Å²) < 4.78 is 11.4. The molecule has 1 heterocycles. The summed E-state index contributed by atoms with van der Waals surface area (Å²) in [6.07, 6.45) is 6.40. The number of aliphatic hydroxyl groups excluding tert-OH is 1. The molecule has 1 aromatic rings. The molecule has 2 aliphatic rings. The van der Waals surface area contributed by atoms with Crippen molar-refractivity contribution in [2.75, 3.05) is 13.2 Å². The van der Waals surface area contributed by atoms with E-state index in [0.29, 0.717) is 11.9 Å². The molecule has 0 saturated heterocycles. The van der Waals surface area contributed by atoms with Crippen molar-refractivity contribution in [2.45, 2.75) is 54.8 Å². The van der Waals surface area contributed by atoms with Crippen LogP contribution in [0.15, 0.2) is 23.1 Å². The Kier molecular flexibility index (Phi) is 4.73. The molecule has 2 atom stereocenters. The average molecular weight is 294 g/mol. The smallest absolute Gasteiger partial charge is 0.162 e. The molecule has 3 rings (SSSR count). The average Bonchev–Trinajstić information content (AvgIpc) is 2.80. The van der Waals surface area contributed by atoms with E-state index in [1.165, 1.54) is 17.7 Å². The number of ether oxygens (including phenoxy) is 2. The minimum atomic E-state index is -0.182. The van der Waals surface area contributed by atoms with Crippen LogP contribution in [-0.4, -0.2) is 29.7 Å². The van der Waals surface area contributed by atoms with E-state index in [4.69, 9.17) is 9.47 Å². The van der Waals surface area contributed by atoms with E-state index < -0.39 is 0 Å². The third-order valence-electron chi connectivity index (χ3n) is 3.92. The maximum absolute atomic E-state index is 10.2. The van der Waals surface area contributed by atoms with E-state index in [2.05, 4.69) is 12.1 Å². The van der Waals surface area contributed by atoms with Crippen LogP contribution in [0.4, 0.5) is 0 Å². The van der Waals surface area contributed by atoms with Gasteiger partial charge in [0, 0.05) is 16.6 Å². The van der Waals surface area contributed by atoms with Crippen LogP contribution in [0.5, 0.6) is 11.5 Å². The number of thioether (sulfide) groups is 1. The van der Waals surface area contributed by atoms with Crippen molar-refractivity contribution >= 4 is 11.8 Å². The monoisotopic (exact) mass is 294 g/mol. The third kappa shape index (κ3) is 3.41. The topological polar surface area (TPSA) is 38.7 Å². The van der Waals surface area contributed by atoms with Crippen LogP contribution in [0.1, 0.15) is 38.5 Å². The summed E-state index contributed by atoms with van der Waals surface area (Å²) >= 11 is 1.78. The number of hydrogen-bond donors (Lipinski definition) is 1. The SMILES string of the molecule is OC1CCCCCC1Sc1ccc2c(c1)OCCCO2. The van der Waals surface area contributed by atoms with Crippen molar-refractivity contribution < 1.29 is 14.6 Å². The molecule has 3 nitrogen and oxygen atoms in total. The van der Waals surface area contributed by atoms with E-state index in [0.717, 1.165) is 43.8 Å². The standard InChI is InChI=1S/C16H22O3S/c17-13-5-2-1-3-6-16(13)20-12-7-8-14-15(11-12)19-10-4-9-18-14/h7-8,11,13,16-17H,1-6,9-10H2. The molecule has 0 aromatic heterocycles. The van der Waals surface area contributed by atoms with Crippen LogP contribution in [-0.2, 0) is 0 Å². The first kappa shape index (κ1) is 14.1. The molecule has 0 radical (unpaired) electrons. The molecule has 1 saturated carbocycles. The van der Waals surface area contributed by atoms with Crippen LogP contribution in [0.25, 0.3) is 0 Å². The van der Waals surface area contributed by atoms with Crippen molar-refractivity contribution in [1.82, 2.24) is 0 Å². The highest BCUT2D eigenvalue weighted by Crippen LogP contribution is 2.38. The fraction of sp³-hybridized carbons (Fsp3) is 0.625. The zero-order chi connectivity index (χ0) is 13.8. The number of aliphatic hydroxyl groups is 1. The van der Waals surface area contributed by atoms with Crippen LogP contribution in [0, 0.1) is 0 Å². The molecule has 0 amide bonds. The van der Waals surface area contributed by atoms with Crippen molar-refractivity contribution in [2.24, 2.45) is 0 Å². The lowest BCUT2D eigenvalue weighted by atomic mass is 10.1. The van der Waals surface area contributed by atoms with Gasteiger partial charge in [0.15, 0.2) is 11.5 Å². The molecular weight excluding hydrogens is 272 g/mol. The highest BCUT2D eigenvalue weighted by atomic mass is 32.2. The molecule has 1 aliphatic heterocycles. The summed E-state index contributed by atoms with van der Waals surface area (Å²) in [5, 5.41) is 10.5. The second-order valence-electron chi connectivity index (χ2n) is 5.52. The first-order chi connectivity index (χ1) is 9.83. The third-order valence-corrected chi connectivity index (χ3v) is 5.30. The van der Waals surface area contributed by atoms with Crippen LogP contribution in [0.3, 0.4) is 0 Å². The van der Waals surface area contributed by atoms with Gasteiger partial charge < -0.3 is 14.6 Å². The largest absolute Gasteiger partial charge is 0.490 e. The van der Waals surface area contributed by atoms with Crippen molar-refractivity contribution in [3.8, 4) is 11.5 Å². The van der Waals surface area contributed by atoms with E-state index in [-0.39, 0.29) is 6.10 Å². The van der Waals surface area contributed by atoms with E-state index >= 15 is 0 Å². The molecule has 1 N–H and O–H groups in total. The molecule has 4 heteroatoms. The Hall–Kier alpha value is -0.870. The van der Waals surface area contributed by atoms with Gasteiger partial charge in [-0.3, -0.25) is 0 Å². The maximum atomic E-state index is 10.2. The van der Waals surface area contributed by atoms with Gasteiger partial charge in [-0.2, -0.15) is 0 Å². The van der Waals surface area contributed by atoms with Gasteiger partial charge in [-0.25, -0.2) is 0 Å². The molecule has 20 heavy (non-hydrogen) atoms. The lowest BCUT2D eigenvalue weighted by Gasteiger charge is -2.20. The number of fused-ring (bicyclic) bond motifs is 1. The fourth-order valence-corrected chi connectivity index (χ4v) is 4.03. The van der Waals surface area contributed by atoms with Gasteiger partial charge in [-0.1, -0.05) is 19.3 Å². The first-order valence-corrected chi connectivity index (χ1v) is 8.45. The van der Waals surface area contributed by atoms with E-state index in [1.807, 2.05) is 6.07 Å². The van der Waals surface area contributed by atoms with Gasteiger partial charge in [-0.15, -0.1) is 11.8 Å². The minimum absolute atomic E-state index is 0.182. The maximum Gasteiger partial charge on any atom is 0.162 e. The predicted octanol–water partition coefficient (Wildman–Crippen LogP) is 3.63. The minimum Gasteiger partial charge on any atom is -0.490 e. The number of benzene rings is 1. The highest BCUT2D eigenvalue weighted by molar-refractivity contribution is 8.00. The van der Waals surface area contributed by atoms with E-state index in [1.54, 1.807) is 11.8 Å². The molecule has 0 spiro atoms. The van der Waals surface area contributed by atoms with Crippen molar-refractivity contribution in [1.29, 1.82) is 0 Å². The summed E-state index contributed by atoms with van der Waals surface area (Å²) in [5.41, 5.74) is 0. The Labute approximate surface area is 124 Å². The number of rotatable bonds is 2.